The lowest BCUT2D eigenvalue weighted by Crippen LogP contribution is -2.17. The SMILES string of the molecule is COC1c2cc(N)n1c2. The molecule has 0 amide bonds. The predicted molar refractivity (Wildman–Crippen MR) is 34.0 cm³/mol. The van der Waals surface area contributed by atoms with Crippen molar-refractivity contribution in [2.45, 2.75) is 6.23 Å². The van der Waals surface area contributed by atoms with Gasteiger partial charge in [-0.05, 0) is 6.07 Å². The molecule has 1 unspecified atom stereocenters. The van der Waals surface area contributed by atoms with Crippen LogP contribution in [0.3, 0.4) is 0 Å². The second-order valence-corrected chi connectivity index (χ2v) is 2.19. The number of methoxy groups -OCH3 is 1. The summed E-state index contributed by atoms with van der Waals surface area (Å²) in [6, 6.07) is 1.92. The Morgan fingerprint density at radius 3 is 2.78 bits per heavy atom. The van der Waals surface area contributed by atoms with E-state index in [0.717, 1.165) is 5.82 Å². The van der Waals surface area contributed by atoms with Gasteiger partial charge < -0.3 is 15.0 Å². The third-order valence-corrected chi connectivity index (χ3v) is 1.66. The van der Waals surface area contributed by atoms with E-state index in [1.54, 1.807) is 7.11 Å². The second-order valence-electron chi connectivity index (χ2n) is 2.19. The molecule has 3 heterocycles. The lowest BCUT2D eigenvalue weighted by atomic mass is 10.2. The number of hydrogen-bond donors (Lipinski definition) is 1. The molecule has 9 heavy (non-hydrogen) atoms. The third-order valence-electron chi connectivity index (χ3n) is 1.66. The lowest BCUT2D eigenvalue weighted by molar-refractivity contribution is 0.0671. The highest BCUT2D eigenvalue weighted by molar-refractivity contribution is 5.45. The van der Waals surface area contributed by atoms with Crippen LogP contribution in [0.4, 0.5) is 5.82 Å². The maximum Gasteiger partial charge on any atom is 0.162 e. The summed E-state index contributed by atoms with van der Waals surface area (Å²) >= 11 is 0. The van der Waals surface area contributed by atoms with Gasteiger partial charge in [-0.25, -0.2) is 0 Å². The average molecular weight is 124 g/mol. The smallest absolute Gasteiger partial charge is 0.162 e. The second kappa shape index (κ2) is 1.30. The number of anilines is 1. The predicted octanol–water partition coefficient (Wildman–Crippen LogP) is 0.577. The molecule has 1 aromatic heterocycles. The molecule has 48 valence electrons. The fourth-order valence-corrected chi connectivity index (χ4v) is 1.18. The van der Waals surface area contributed by atoms with Crippen molar-refractivity contribution in [2.75, 3.05) is 12.8 Å². The first kappa shape index (κ1) is 4.88. The molecule has 1 atom stereocenters. The third kappa shape index (κ3) is 0.404. The molecule has 2 N–H and O–H groups in total. The van der Waals surface area contributed by atoms with Crippen molar-refractivity contribution < 1.29 is 4.74 Å². The maximum atomic E-state index is 5.54. The minimum absolute atomic E-state index is 0.116. The Morgan fingerprint density at radius 2 is 2.56 bits per heavy atom. The Labute approximate surface area is 53.0 Å². The first-order chi connectivity index (χ1) is 4.33. The van der Waals surface area contributed by atoms with Crippen molar-refractivity contribution in [3.8, 4) is 0 Å². The van der Waals surface area contributed by atoms with E-state index in [4.69, 9.17) is 10.5 Å². The average Bonchev–Trinajstić information content (AvgIpc) is 2.22. The summed E-state index contributed by atoms with van der Waals surface area (Å²) in [5.41, 5.74) is 6.72. The van der Waals surface area contributed by atoms with E-state index >= 15 is 0 Å². The van der Waals surface area contributed by atoms with Crippen molar-refractivity contribution in [3.63, 3.8) is 0 Å². The molecule has 1 aromatic rings. The van der Waals surface area contributed by atoms with Crippen LogP contribution >= 0.6 is 0 Å². The number of nitrogens with two attached hydrogens (primary N) is 1. The number of nitrogen functional groups attached to an aromatic ring is 1. The van der Waals surface area contributed by atoms with Crippen molar-refractivity contribution in [1.29, 1.82) is 0 Å². The first-order valence-electron chi connectivity index (χ1n) is 2.83. The van der Waals surface area contributed by atoms with Gasteiger partial charge >= 0.3 is 0 Å². The van der Waals surface area contributed by atoms with Crippen molar-refractivity contribution in [3.05, 3.63) is 17.8 Å². The zero-order valence-electron chi connectivity index (χ0n) is 5.16. The highest BCUT2D eigenvalue weighted by Crippen LogP contribution is 2.34. The molecule has 3 nitrogen and oxygen atoms in total. The minimum atomic E-state index is 0.116. The Bertz CT molecular complexity index is 241. The summed E-state index contributed by atoms with van der Waals surface area (Å²) in [4.78, 5) is 0. The van der Waals surface area contributed by atoms with Crippen molar-refractivity contribution in [2.24, 2.45) is 0 Å². The van der Waals surface area contributed by atoms with Crippen LogP contribution in [0.1, 0.15) is 11.8 Å². The standard InChI is InChI=1S/C6H8N2O/c1-9-6-4-2-5(7)8(6)3-4/h2-3,6H,7H2,1H3. The summed E-state index contributed by atoms with van der Waals surface area (Å²) in [5, 5.41) is 0. The zero-order chi connectivity index (χ0) is 6.43. The largest absolute Gasteiger partial charge is 0.385 e. The number of rotatable bonds is 1. The molecule has 3 heteroatoms. The quantitative estimate of drug-likeness (QED) is 0.594. The lowest BCUT2D eigenvalue weighted by Gasteiger charge is -2.21. The van der Waals surface area contributed by atoms with Gasteiger partial charge in [0.2, 0.25) is 0 Å². The number of aromatic nitrogens is 1. The van der Waals surface area contributed by atoms with Gasteiger partial charge in [-0.2, -0.15) is 0 Å². The van der Waals surface area contributed by atoms with Gasteiger partial charge in [-0.3, -0.25) is 0 Å². The molecule has 2 aliphatic heterocycles. The van der Waals surface area contributed by atoms with Gasteiger partial charge in [0.05, 0.1) is 0 Å². The zero-order valence-corrected chi connectivity index (χ0v) is 5.16. The number of hydrogen-bond acceptors (Lipinski definition) is 2. The van der Waals surface area contributed by atoms with Crippen LogP contribution in [-0.4, -0.2) is 11.7 Å². The molecule has 3 rings (SSSR count). The molecule has 0 radical (unpaired) electrons. The molecular weight excluding hydrogens is 116 g/mol. The van der Waals surface area contributed by atoms with Gasteiger partial charge in [-0.1, -0.05) is 0 Å². The van der Waals surface area contributed by atoms with Crippen LogP contribution in [0.25, 0.3) is 0 Å². The fourth-order valence-electron chi connectivity index (χ4n) is 1.18. The summed E-state index contributed by atoms with van der Waals surface area (Å²) in [6.07, 6.45) is 2.09. The highest BCUT2D eigenvalue weighted by atomic mass is 16.5. The van der Waals surface area contributed by atoms with Crippen LogP contribution in [0, 0.1) is 0 Å². The van der Waals surface area contributed by atoms with Crippen LogP contribution < -0.4 is 5.73 Å². The topological polar surface area (TPSA) is 40.2 Å². The minimum Gasteiger partial charge on any atom is -0.385 e. The van der Waals surface area contributed by atoms with Gasteiger partial charge in [0.15, 0.2) is 6.23 Å². The molecule has 0 saturated carbocycles. The Morgan fingerprint density at radius 1 is 1.78 bits per heavy atom. The van der Waals surface area contributed by atoms with E-state index in [0.29, 0.717) is 0 Å². The van der Waals surface area contributed by atoms with E-state index in [1.807, 2.05) is 16.8 Å². The molecule has 0 saturated heterocycles. The number of fused-ring (bicyclic) bond motifs is 1. The Balaban J connectivity index is 2.42. The van der Waals surface area contributed by atoms with E-state index in [9.17, 15) is 0 Å². The molecule has 0 aliphatic carbocycles. The monoisotopic (exact) mass is 124 g/mol. The molecule has 0 aromatic carbocycles. The van der Waals surface area contributed by atoms with E-state index < -0.39 is 0 Å². The summed E-state index contributed by atoms with van der Waals surface area (Å²) in [5.74, 6) is 0.789. The number of nitrogens with zero attached hydrogens (tertiary/aromatic N) is 1. The highest BCUT2D eigenvalue weighted by Gasteiger charge is 2.26. The molecule has 2 aliphatic rings. The van der Waals surface area contributed by atoms with Crippen LogP contribution in [-0.2, 0) is 4.74 Å². The summed E-state index contributed by atoms with van der Waals surface area (Å²) in [7, 11) is 1.68. The molecule has 0 spiro atoms. The normalized spacial score (nSPS) is 21.7. The van der Waals surface area contributed by atoms with Gasteiger partial charge in [0.1, 0.15) is 5.82 Å². The van der Waals surface area contributed by atoms with Gasteiger partial charge in [0.25, 0.3) is 0 Å². The summed E-state index contributed by atoms with van der Waals surface area (Å²) < 4.78 is 6.97. The van der Waals surface area contributed by atoms with Crippen molar-refractivity contribution in [1.82, 2.24) is 4.57 Å². The van der Waals surface area contributed by atoms with Crippen LogP contribution in [0.5, 0.6) is 0 Å². The molecule has 2 bridgehead atoms. The van der Waals surface area contributed by atoms with E-state index in [2.05, 4.69) is 0 Å². The van der Waals surface area contributed by atoms with Gasteiger partial charge in [-0.15, -0.1) is 0 Å². The number of ether oxygens (including phenoxy) is 1. The van der Waals surface area contributed by atoms with Crippen LogP contribution in [0.2, 0.25) is 0 Å². The van der Waals surface area contributed by atoms with Crippen molar-refractivity contribution >= 4 is 5.82 Å². The van der Waals surface area contributed by atoms with E-state index in [1.165, 1.54) is 5.56 Å². The molecule has 0 fully saturated rings. The fraction of sp³-hybridized carbons (Fsp3) is 0.333. The Kier molecular flexibility index (Phi) is 0.706. The van der Waals surface area contributed by atoms with E-state index in [-0.39, 0.29) is 6.23 Å². The first-order valence-corrected chi connectivity index (χ1v) is 2.83. The Hall–Kier alpha value is -0.960. The van der Waals surface area contributed by atoms with Crippen LogP contribution in [0.15, 0.2) is 12.3 Å². The summed E-state index contributed by atoms with van der Waals surface area (Å²) in [6.45, 7) is 0. The van der Waals surface area contributed by atoms with Gasteiger partial charge in [0, 0.05) is 18.9 Å². The molecular formula is C6H8N2O. The maximum absolute atomic E-state index is 5.54.